The standard InChI is InChI=1S/C46H48N2O12/c1-7-43(49)57-27-11-9-25-55-39-23-17-35(29-41(39)53-5)45(51)59-37-19-13-33(14-20-37)31(3)47-48-32(4)34-15-21-38(22-16-34)60-46(52)36-18-24-40(42(30-36)54-6)56-26-10-12-28-58-44(50)8-2/h7-8,13-24,29-30H,1-2,9-12,25-28H2,3-6H3. The normalized spacial score (nSPS) is 11.1. The zero-order valence-electron chi connectivity index (χ0n) is 34.1. The second-order valence-electron chi connectivity index (χ2n) is 12.8. The Kier molecular flexibility index (Phi) is 18.1. The maximum absolute atomic E-state index is 12.9. The molecule has 0 aliphatic rings. The molecule has 4 rings (SSSR count). The van der Waals surface area contributed by atoms with Gasteiger partial charge in [0.15, 0.2) is 23.0 Å². The predicted molar refractivity (Wildman–Crippen MR) is 225 cm³/mol. The van der Waals surface area contributed by atoms with E-state index in [9.17, 15) is 19.2 Å². The van der Waals surface area contributed by atoms with Gasteiger partial charge in [0.2, 0.25) is 0 Å². The van der Waals surface area contributed by atoms with Gasteiger partial charge in [-0.25, -0.2) is 19.2 Å². The molecule has 0 saturated carbocycles. The summed E-state index contributed by atoms with van der Waals surface area (Å²) in [4.78, 5) is 48.1. The van der Waals surface area contributed by atoms with E-state index < -0.39 is 23.9 Å². The number of hydrogen-bond acceptors (Lipinski definition) is 14. The van der Waals surface area contributed by atoms with Crippen LogP contribution in [-0.2, 0) is 19.1 Å². The Hall–Kier alpha value is -7.22. The topological polar surface area (TPSA) is 167 Å². The Morgan fingerprint density at radius 3 is 1.20 bits per heavy atom. The van der Waals surface area contributed by atoms with Gasteiger partial charge >= 0.3 is 23.9 Å². The molecule has 0 aliphatic carbocycles. The van der Waals surface area contributed by atoms with Gasteiger partial charge in [-0.1, -0.05) is 13.2 Å². The third-order valence-corrected chi connectivity index (χ3v) is 8.53. The average Bonchev–Trinajstić information content (AvgIpc) is 3.27. The fraction of sp³-hybridized carbons (Fsp3) is 0.261. The summed E-state index contributed by atoms with van der Waals surface area (Å²) in [5.41, 5.74) is 3.37. The molecule has 0 heterocycles. The van der Waals surface area contributed by atoms with Crippen molar-refractivity contribution in [1.82, 2.24) is 0 Å². The van der Waals surface area contributed by atoms with E-state index in [0.717, 1.165) is 23.3 Å². The molecule has 314 valence electrons. The first-order valence-corrected chi connectivity index (χ1v) is 19.0. The molecule has 60 heavy (non-hydrogen) atoms. The Morgan fingerprint density at radius 1 is 0.500 bits per heavy atom. The van der Waals surface area contributed by atoms with Crippen LogP contribution in [0.2, 0.25) is 0 Å². The second kappa shape index (κ2) is 23.9. The maximum atomic E-state index is 12.9. The van der Waals surface area contributed by atoms with Crippen molar-refractivity contribution in [3.63, 3.8) is 0 Å². The summed E-state index contributed by atoms with van der Waals surface area (Å²) >= 11 is 0. The Bertz CT molecular complexity index is 2020. The van der Waals surface area contributed by atoms with Crippen LogP contribution in [0.15, 0.2) is 120 Å². The van der Waals surface area contributed by atoms with Crippen LogP contribution in [-0.4, -0.2) is 75.9 Å². The number of benzene rings is 4. The summed E-state index contributed by atoms with van der Waals surface area (Å²) in [6.07, 6.45) is 4.77. The molecular weight excluding hydrogens is 773 g/mol. The number of methoxy groups -OCH3 is 2. The van der Waals surface area contributed by atoms with Crippen LogP contribution < -0.4 is 28.4 Å². The molecule has 0 amide bonds. The Labute approximate surface area is 349 Å². The molecule has 14 heteroatoms. The number of esters is 4. The van der Waals surface area contributed by atoms with Gasteiger partial charge in [0.05, 0.1) is 63.2 Å². The van der Waals surface area contributed by atoms with Gasteiger partial charge < -0.3 is 37.9 Å². The summed E-state index contributed by atoms with van der Waals surface area (Å²) in [5.74, 6) is 0.302. The van der Waals surface area contributed by atoms with Gasteiger partial charge in [-0.15, -0.1) is 0 Å². The molecule has 0 radical (unpaired) electrons. The number of hydrogen-bond donors (Lipinski definition) is 0. The molecular formula is C46H48N2O12. The first-order valence-electron chi connectivity index (χ1n) is 19.0. The van der Waals surface area contributed by atoms with E-state index in [1.807, 2.05) is 13.8 Å². The van der Waals surface area contributed by atoms with Gasteiger partial charge in [-0.2, -0.15) is 10.2 Å². The average molecular weight is 821 g/mol. The largest absolute Gasteiger partial charge is 0.493 e. The number of rotatable bonds is 23. The summed E-state index contributed by atoms with van der Waals surface area (Å²) < 4.78 is 43.5. The Balaban J connectivity index is 1.26. The lowest BCUT2D eigenvalue weighted by Gasteiger charge is -2.12. The van der Waals surface area contributed by atoms with Crippen molar-refractivity contribution in [1.29, 1.82) is 0 Å². The molecule has 4 aromatic rings. The van der Waals surface area contributed by atoms with Crippen molar-refractivity contribution >= 4 is 35.3 Å². The van der Waals surface area contributed by atoms with Gasteiger partial charge in [-0.05, 0) is 136 Å². The molecule has 0 aromatic heterocycles. The number of unbranched alkanes of at least 4 members (excludes halogenated alkanes) is 2. The third kappa shape index (κ3) is 14.3. The lowest BCUT2D eigenvalue weighted by atomic mass is 10.1. The number of ether oxygens (including phenoxy) is 8. The molecule has 0 saturated heterocycles. The first-order chi connectivity index (χ1) is 29.0. The lowest BCUT2D eigenvalue weighted by molar-refractivity contribution is -0.138. The summed E-state index contributed by atoms with van der Waals surface area (Å²) in [5, 5.41) is 8.75. The monoisotopic (exact) mass is 820 g/mol. The highest BCUT2D eigenvalue weighted by Crippen LogP contribution is 2.30. The van der Waals surface area contributed by atoms with E-state index in [1.165, 1.54) is 14.2 Å². The van der Waals surface area contributed by atoms with Crippen molar-refractivity contribution < 1.29 is 57.1 Å². The van der Waals surface area contributed by atoms with E-state index in [1.54, 1.807) is 84.9 Å². The minimum atomic E-state index is -0.571. The predicted octanol–water partition coefficient (Wildman–Crippen LogP) is 8.15. The fourth-order valence-corrected chi connectivity index (χ4v) is 5.19. The van der Waals surface area contributed by atoms with Crippen molar-refractivity contribution in [2.75, 3.05) is 40.6 Å². The SMILES string of the molecule is C=CC(=O)OCCCCOc1ccc(C(=O)Oc2ccc(C(C)=NN=C(C)c3ccc(OC(=O)c4ccc(OCCCCOC(=O)C=C)c(OC)c4)cc3)cc2)cc1OC. The van der Waals surface area contributed by atoms with Gasteiger partial charge in [0.25, 0.3) is 0 Å². The van der Waals surface area contributed by atoms with E-state index >= 15 is 0 Å². The van der Waals surface area contributed by atoms with Crippen molar-refractivity contribution in [3.05, 3.63) is 132 Å². The molecule has 0 bridgehead atoms. The molecule has 0 aliphatic heterocycles. The highest BCUT2D eigenvalue weighted by molar-refractivity contribution is 6.02. The summed E-state index contributed by atoms with van der Waals surface area (Å²) in [7, 11) is 2.96. The van der Waals surface area contributed by atoms with Gasteiger partial charge in [0, 0.05) is 12.2 Å². The van der Waals surface area contributed by atoms with E-state index in [0.29, 0.717) is 84.8 Å². The molecule has 14 nitrogen and oxygen atoms in total. The smallest absolute Gasteiger partial charge is 0.343 e. The van der Waals surface area contributed by atoms with E-state index in [2.05, 4.69) is 23.4 Å². The van der Waals surface area contributed by atoms with Crippen LogP contribution in [0.5, 0.6) is 34.5 Å². The van der Waals surface area contributed by atoms with Crippen molar-refractivity contribution in [3.8, 4) is 34.5 Å². The van der Waals surface area contributed by atoms with Gasteiger partial charge in [-0.3, -0.25) is 0 Å². The van der Waals surface area contributed by atoms with E-state index in [-0.39, 0.29) is 24.3 Å². The maximum Gasteiger partial charge on any atom is 0.343 e. The van der Waals surface area contributed by atoms with Gasteiger partial charge in [0.1, 0.15) is 11.5 Å². The van der Waals surface area contributed by atoms with E-state index in [4.69, 9.17) is 37.9 Å². The van der Waals surface area contributed by atoms with Crippen LogP contribution in [0.4, 0.5) is 0 Å². The van der Waals surface area contributed by atoms with Crippen LogP contribution in [0, 0.1) is 0 Å². The highest BCUT2D eigenvalue weighted by atomic mass is 16.6. The third-order valence-electron chi connectivity index (χ3n) is 8.53. The zero-order valence-corrected chi connectivity index (χ0v) is 34.1. The lowest BCUT2D eigenvalue weighted by Crippen LogP contribution is -2.09. The summed E-state index contributed by atoms with van der Waals surface area (Å²) in [6.45, 7) is 11.6. The zero-order chi connectivity index (χ0) is 43.3. The van der Waals surface area contributed by atoms with Crippen LogP contribution >= 0.6 is 0 Å². The molecule has 4 aromatic carbocycles. The summed E-state index contributed by atoms with van der Waals surface area (Å²) in [6, 6.07) is 23.3. The van der Waals surface area contributed by atoms with Crippen LogP contribution in [0.25, 0.3) is 0 Å². The number of nitrogens with zero attached hydrogens (tertiary/aromatic N) is 2. The van der Waals surface area contributed by atoms with Crippen LogP contribution in [0.1, 0.15) is 71.4 Å². The van der Waals surface area contributed by atoms with Crippen LogP contribution in [0.3, 0.4) is 0 Å². The Morgan fingerprint density at radius 2 is 0.850 bits per heavy atom. The molecule has 0 unspecified atom stereocenters. The second-order valence-corrected chi connectivity index (χ2v) is 12.8. The molecule has 0 N–H and O–H groups in total. The van der Waals surface area contributed by atoms with Crippen molar-refractivity contribution in [2.45, 2.75) is 39.5 Å². The minimum Gasteiger partial charge on any atom is -0.493 e. The number of carbonyl (C=O) groups is 4. The quantitative estimate of drug-likeness (QED) is 0.0176. The molecule has 0 spiro atoms. The number of carbonyl (C=O) groups excluding carboxylic acids is 4. The fourth-order valence-electron chi connectivity index (χ4n) is 5.19. The highest BCUT2D eigenvalue weighted by Gasteiger charge is 2.16. The first kappa shape index (κ1) is 45.5. The minimum absolute atomic E-state index is 0.271. The molecule has 0 fully saturated rings. The molecule has 0 atom stereocenters. The van der Waals surface area contributed by atoms with Crippen molar-refractivity contribution in [2.24, 2.45) is 10.2 Å².